The first-order valence-corrected chi connectivity index (χ1v) is 8.04. The van der Waals surface area contributed by atoms with Crippen molar-refractivity contribution >= 4 is 13.0 Å². The largest absolute Gasteiger partial charge is 0.846 e. The van der Waals surface area contributed by atoms with Crippen LogP contribution in [0.3, 0.4) is 0 Å². The number of aromatic nitrogens is 1. The molecule has 0 aliphatic carbocycles. The lowest BCUT2D eigenvalue weighted by atomic mass is 9.75. The van der Waals surface area contributed by atoms with E-state index in [0.29, 0.717) is 5.92 Å². The Labute approximate surface area is 136 Å². The van der Waals surface area contributed by atoms with E-state index in [1.165, 1.54) is 0 Å². The van der Waals surface area contributed by atoms with Crippen LogP contribution < -0.4 is 0 Å². The second-order valence-electron chi connectivity index (χ2n) is 6.87. The number of halogens is 1. The number of hydrogen-bond acceptors (Lipinski definition) is 1. The lowest BCUT2D eigenvalue weighted by molar-refractivity contribution is -0.342. The molecule has 23 heavy (non-hydrogen) atoms. The van der Waals surface area contributed by atoms with E-state index in [4.69, 9.17) is 0 Å². The van der Waals surface area contributed by atoms with Crippen molar-refractivity contribution in [2.75, 3.05) is 0 Å². The summed E-state index contributed by atoms with van der Waals surface area (Å²) < 4.78 is 16.9. The molecule has 0 saturated heterocycles. The Morgan fingerprint density at radius 1 is 1.35 bits per heavy atom. The molecule has 1 N–H and O–H groups in total. The van der Waals surface area contributed by atoms with Gasteiger partial charge in [0.25, 0.3) is 0 Å². The van der Waals surface area contributed by atoms with Crippen molar-refractivity contribution in [3.8, 4) is 0 Å². The highest BCUT2D eigenvalue weighted by Gasteiger charge is 2.51. The van der Waals surface area contributed by atoms with E-state index in [0.717, 1.165) is 22.8 Å². The maximum atomic E-state index is 15.2. The molecule has 0 spiro atoms. The van der Waals surface area contributed by atoms with Gasteiger partial charge in [-0.15, -0.1) is 0 Å². The van der Waals surface area contributed by atoms with Crippen LogP contribution in [0.4, 0.5) is 4.32 Å². The Bertz CT molecular complexity index is 798. The normalized spacial score (nSPS) is 25.8. The fourth-order valence-corrected chi connectivity index (χ4v) is 3.24. The maximum Gasteiger partial charge on any atom is 0.846 e. The molecular formula is C18H20BFN3+. The quantitative estimate of drug-likeness (QED) is 0.828. The van der Waals surface area contributed by atoms with E-state index >= 15 is 4.32 Å². The highest BCUT2D eigenvalue weighted by molar-refractivity contribution is 6.42. The van der Waals surface area contributed by atoms with Crippen molar-refractivity contribution in [3.63, 3.8) is 0 Å². The number of rotatable bonds is 2. The van der Waals surface area contributed by atoms with Crippen LogP contribution in [-0.2, 0) is 0 Å². The van der Waals surface area contributed by atoms with Gasteiger partial charge in [-0.3, -0.25) is 4.81 Å². The fourth-order valence-electron chi connectivity index (χ4n) is 3.24. The van der Waals surface area contributed by atoms with Gasteiger partial charge < -0.3 is 4.98 Å². The average molecular weight is 308 g/mol. The zero-order chi connectivity index (χ0) is 16.2. The van der Waals surface area contributed by atoms with E-state index in [1.54, 1.807) is 9.30 Å². The number of H-pyrrole nitrogens is 1. The summed E-state index contributed by atoms with van der Waals surface area (Å²) in [5, 5.41) is 0. The molecular weight excluding hydrogens is 288 g/mol. The Morgan fingerprint density at radius 3 is 2.87 bits per heavy atom. The van der Waals surface area contributed by atoms with Crippen LogP contribution in [-0.4, -0.2) is 27.3 Å². The summed E-state index contributed by atoms with van der Waals surface area (Å²) in [5.41, 5.74) is 3.57. The highest BCUT2D eigenvalue weighted by atomic mass is 19.1. The third kappa shape index (κ3) is 2.06. The van der Waals surface area contributed by atoms with Crippen molar-refractivity contribution < 1.29 is 8.80 Å². The summed E-state index contributed by atoms with van der Waals surface area (Å²) in [6, 6.07) is 3.89. The van der Waals surface area contributed by atoms with E-state index in [2.05, 4.69) is 44.0 Å². The summed E-state index contributed by atoms with van der Waals surface area (Å²) in [5.74, 6) is 0.461. The molecule has 0 fully saturated rings. The topological polar surface area (TPSA) is 22.0 Å². The minimum atomic E-state index is -1.23. The van der Waals surface area contributed by atoms with Crippen LogP contribution in [0.15, 0.2) is 66.3 Å². The number of nitrogens with zero attached hydrogens (tertiary/aromatic N) is 2. The zero-order valence-electron chi connectivity index (χ0n) is 13.6. The second kappa shape index (κ2) is 4.85. The van der Waals surface area contributed by atoms with Crippen LogP contribution >= 0.6 is 0 Å². The molecule has 0 bridgehead atoms. The van der Waals surface area contributed by atoms with E-state index in [-0.39, 0.29) is 5.41 Å². The molecule has 1 aromatic rings. The van der Waals surface area contributed by atoms with Crippen molar-refractivity contribution in [3.05, 3.63) is 72.0 Å². The van der Waals surface area contributed by atoms with Crippen LogP contribution in [0.2, 0.25) is 0 Å². The minimum absolute atomic E-state index is 0.0426. The smallest absolute Gasteiger partial charge is 0.356 e. The van der Waals surface area contributed by atoms with Crippen LogP contribution in [0.1, 0.15) is 26.5 Å². The second-order valence-corrected chi connectivity index (χ2v) is 6.87. The van der Waals surface area contributed by atoms with Gasteiger partial charge in [-0.25, -0.2) is 8.80 Å². The van der Waals surface area contributed by atoms with Crippen LogP contribution in [0.5, 0.6) is 0 Å². The number of aromatic amines is 1. The van der Waals surface area contributed by atoms with Gasteiger partial charge in [0.2, 0.25) is 5.71 Å². The number of fused-ring (bicyclic) bond motifs is 2. The van der Waals surface area contributed by atoms with E-state index in [9.17, 15) is 0 Å². The van der Waals surface area contributed by atoms with Crippen LogP contribution in [0.25, 0.3) is 0 Å². The molecule has 1 aromatic heterocycles. The molecule has 5 heteroatoms. The van der Waals surface area contributed by atoms with Crippen LogP contribution in [0, 0.1) is 11.3 Å². The molecule has 4 heterocycles. The third-order valence-electron chi connectivity index (χ3n) is 5.16. The minimum Gasteiger partial charge on any atom is -0.356 e. The molecule has 0 aromatic carbocycles. The van der Waals surface area contributed by atoms with Gasteiger partial charge in [-0.2, -0.15) is 0 Å². The van der Waals surface area contributed by atoms with Gasteiger partial charge in [0.05, 0.1) is 0 Å². The summed E-state index contributed by atoms with van der Waals surface area (Å²) >= 11 is 0. The predicted molar refractivity (Wildman–Crippen MR) is 91.3 cm³/mol. The van der Waals surface area contributed by atoms with Gasteiger partial charge in [-0.05, 0) is 24.3 Å². The van der Waals surface area contributed by atoms with Crippen molar-refractivity contribution in [2.24, 2.45) is 11.3 Å². The SMILES string of the molecule is CC(C)C1(C)C=CN2B(F)[N+]3=C(c4ccc[nH]4)C=CC3=CC2=C1. The van der Waals surface area contributed by atoms with Gasteiger partial charge >= 0.3 is 7.26 Å². The molecule has 0 saturated carbocycles. The Kier molecular flexibility index (Phi) is 3.02. The molecule has 3 nitrogen and oxygen atoms in total. The number of nitrogens with one attached hydrogen (secondary N) is 1. The Balaban J connectivity index is 1.83. The molecule has 0 amide bonds. The van der Waals surface area contributed by atoms with E-state index in [1.807, 2.05) is 36.7 Å². The first-order valence-electron chi connectivity index (χ1n) is 8.04. The monoisotopic (exact) mass is 308 g/mol. The van der Waals surface area contributed by atoms with Gasteiger partial charge in [-0.1, -0.05) is 32.9 Å². The van der Waals surface area contributed by atoms with Crippen molar-refractivity contribution in [1.82, 2.24) is 9.79 Å². The maximum absolute atomic E-state index is 15.2. The van der Waals surface area contributed by atoms with E-state index < -0.39 is 7.26 Å². The highest BCUT2D eigenvalue weighted by Crippen LogP contribution is 2.39. The Hall–Kier alpha value is -2.30. The number of hydrogen-bond donors (Lipinski definition) is 1. The van der Waals surface area contributed by atoms with Gasteiger partial charge in [0, 0.05) is 35.5 Å². The molecule has 3 aliphatic heterocycles. The molecule has 1 atom stereocenters. The summed E-state index contributed by atoms with van der Waals surface area (Å²) in [7, 11) is -1.23. The number of allylic oxidation sites excluding steroid dienone is 5. The lowest BCUT2D eigenvalue weighted by Crippen LogP contribution is -2.47. The zero-order valence-corrected chi connectivity index (χ0v) is 13.6. The fraction of sp³-hybridized carbons (Fsp3) is 0.278. The third-order valence-corrected chi connectivity index (χ3v) is 5.16. The standard InChI is InChI=1S/C18H19BFN3/c1-13(2)18(3)8-10-22-15(12-18)11-14-6-7-17(23(14)19(22)20)16-5-4-9-21-16/h4-13H,1-3H3/p+1. The van der Waals surface area contributed by atoms with Gasteiger partial charge in [0.15, 0.2) is 5.70 Å². The molecule has 4 rings (SSSR count). The van der Waals surface area contributed by atoms with Crippen molar-refractivity contribution in [2.45, 2.75) is 20.8 Å². The first-order chi connectivity index (χ1) is 11.0. The molecule has 0 radical (unpaired) electrons. The average Bonchev–Trinajstić information content (AvgIpc) is 3.15. The lowest BCUT2D eigenvalue weighted by Gasteiger charge is -2.35. The molecule has 3 aliphatic rings. The Morgan fingerprint density at radius 2 is 2.17 bits per heavy atom. The van der Waals surface area contributed by atoms with Gasteiger partial charge in [0.1, 0.15) is 5.69 Å². The first kappa shape index (κ1) is 14.3. The molecule has 116 valence electrons. The summed E-state index contributed by atoms with van der Waals surface area (Å²) in [6.07, 6.45) is 14.0. The summed E-state index contributed by atoms with van der Waals surface area (Å²) in [6.45, 7) is 6.58. The summed E-state index contributed by atoms with van der Waals surface area (Å²) in [4.78, 5) is 4.86. The van der Waals surface area contributed by atoms with Crippen molar-refractivity contribution in [1.29, 1.82) is 0 Å². The predicted octanol–water partition coefficient (Wildman–Crippen LogP) is 3.61. The molecule has 1 unspecified atom stereocenters.